The lowest BCUT2D eigenvalue weighted by molar-refractivity contribution is 0.102. The van der Waals surface area contributed by atoms with Crippen LogP contribution in [0.15, 0.2) is 33.6 Å². The minimum atomic E-state index is -0.407. The Kier molecular flexibility index (Phi) is 3.34. The number of aryl methyl sites for hydroxylation is 2. The van der Waals surface area contributed by atoms with Crippen molar-refractivity contribution in [1.82, 2.24) is 20.2 Å². The average molecular weight is 299 g/mol. The number of aromatic nitrogens is 4. The van der Waals surface area contributed by atoms with Crippen LogP contribution in [0.3, 0.4) is 0 Å². The fraction of sp³-hybridized carbons (Fsp3) is 0.143. The van der Waals surface area contributed by atoms with Crippen molar-refractivity contribution < 1.29 is 9.21 Å². The van der Waals surface area contributed by atoms with Crippen LogP contribution in [-0.2, 0) is 0 Å². The lowest BCUT2D eigenvalue weighted by atomic mass is 10.1. The number of hydrogen-bond acceptors (Lipinski definition) is 5. The first kappa shape index (κ1) is 13.8. The molecule has 3 aromatic rings. The molecule has 0 aliphatic heterocycles. The summed E-state index contributed by atoms with van der Waals surface area (Å²) in [7, 11) is 0. The second-order valence-corrected chi connectivity index (χ2v) is 4.77. The third-order valence-electron chi connectivity index (χ3n) is 3.06. The molecule has 3 heterocycles. The van der Waals surface area contributed by atoms with E-state index in [0.29, 0.717) is 22.7 Å². The van der Waals surface area contributed by atoms with Crippen LogP contribution >= 0.6 is 0 Å². The summed E-state index contributed by atoms with van der Waals surface area (Å²) in [6.07, 6.45) is 1.36. The lowest BCUT2D eigenvalue weighted by Gasteiger charge is -2.03. The number of hydrogen-bond donors (Lipinski definition) is 3. The molecule has 0 fully saturated rings. The zero-order chi connectivity index (χ0) is 15.7. The molecule has 22 heavy (non-hydrogen) atoms. The number of aromatic amines is 2. The molecule has 3 aromatic heterocycles. The summed E-state index contributed by atoms with van der Waals surface area (Å²) in [5.74, 6) is 1.42. The van der Waals surface area contributed by atoms with Crippen molar-refractivity contribution >= 4 is 11.9 Å². The summed E-state index contributed by atoms with van der Waals surface area (Å²) >= 11 is 0. The Morgan fingerprint density at radius 1 is 1.32 bits per heavy atom. The van der Waals surface area contributed by atoms with Gasteiger partial charge in [0.1, 0.15) is 5.76 Å². The molecule has 0 bridgehead atoms. The van der Waals surface area contributed by atoms with Gasteiger partial charge in [-0.3, -0.25) is 20.0 Å². The van der Waals surface area contributed by atoms with Gasteiger partial charge in [-0.1, -0.05) is 0 Å². The Bertz CT molecular complexity index is 890. The zero-order valence-electron chi connectivity index (χ0n) is 11.9. The van der Waals surface area contributed by atoms with Crippen molar-refractivity contribution in [3.8, 4) is 11.6 Å². The van der Waals surface area contributed by atoms with Gasteiger partial charge in [0.15, 0.2) is 11.6 Å². The van der Waals surface area contributed by atoms with Crippen LogP contribution in [0.2, 0.25) is 0 Å². The van der Waals surface area contributed by atoms with Gasteiger partial charge in [0.2, 0.25) is 11.5 Å². The van der Waals surface area contributed by atoms with Gasteiger partial charge in [-0.2, -0.15) is 4.98 Å². The molecule has 8 nitrogen and oxygen atoms in total. The zero-order valence-corrected chi connectivity index (χ0v) is 11.9. The number of anilines is 1. The first-order chi connectivity index (χ1) is 10.5. The van der Waals surface area contributed by atoms with E-state index in [1.54, 1.807) is 19.1 Å². The van der Waals surface area contributed by atoms with Gasteiger partial charge >= 0.3 is 0 Å². The fourth-order valence-electron chi connectivity index (χ4n) is 1.98. The molecule has 1 amide bonds. The molecule has 0 saturated heterocycles. The van der Waals surface area contributed by atoms with Gasteiger partial charge in [0, 0.05) is 12.3 Å². The second-order valence-electron chi connectivity index (χ2n) is 4.77. The van der Waals surface area contributed by atoms with E-state index in [1.807, 2.05) is 6.92 Å². The van der Waals surface area contributed by atoms with E-state index in [-0.39, 0.29) is 11.5 Å². The topological polar surface area (TPSA) is 117 Å². The fourth-order valence-corrected chi connectivity index (χ4v) is 1.98. The lowest BCUT2D eigenvalue weighted by Crippen LogP contribution is -2.17. The highest BCUT2D eigenvalue weighted by Gasteiger charge is 2.14. The second kappa shape index (κ2) is 5.32. The normalized spacial score (nSPS) is 10.6. The number of rotatable bonds is 3. The van der Waals surface area contributed by atoms with Crippen LogP contribution in [-0.4, -0.2) is 26.1 Å². The van der Waals surface area contributed by atoms with Gasteiger partial charge in [-0.15, -0.1) is 5.10 Å². The molecule has 0 atom stereocenters. The molecule has 112 valence electrons. The minimum Gasteiger partial charge on any atom is -0.458 e. The van der Waals surface area contributed by atoms with Gasteiger partial charge in [-0.25, -0.2) is 0 Å². The Morgan fingerprint density at radius 3 is 2.82 bits per heavy atom. The van der Waals surface area contributed by atoms with E-state index in [1.165, 1.54) is 12.3 Å². The molecular formula is C14H13N5O3. The number of H-pyrrole nitrogens is 2. The van der Waals surface area contributed by atoms with E-state index >= 15 is 0 Å². The first-order valence-corrected chi connectivity index (χ1v) is 6.53. The third-order valence-corrected chi connectivity index (χ3v) is 3.06. The average Bonchev–Trinajstić information content (AvgIpc) is 3.07. The van der Waals surface area contributed by atoms with Gasteiger partial charge in [0.25, 0.3) is 5.91 Å². The molecule has 0 radical (unpaired) electrons. The predicted molar refractivity (Wildman–Crippen MR) is 78.6 cm³/mol. The molecule has 0 aromatic carbocycles. The number of furan rings is 1. The maximum atomic E-state index is 12.1. The first-order valence-electron chi connectivity index (χ1n) is 6.53. The van der Waals surface area contributed by atoms with Gasteiger partial charge in [0.05, 0.1) is 5.56 Å². The number of carbonyl (C=O) groups excluding carboxylic acids is 1. The summed E-state index contributed by atoms with van der Waals surface area (Å²) in [4.78, 5) is 29.9. The predicted octanol–water partition coefficient (Wildman–Crippen LogP) is 1.62. The van der Waals surface area contributed by atoms with Crippen LogP contribution in [0, 0.1) is 13.8 Å². The standard InChI is InChI=1S/C14H13N5O3/c1-7-5-11(20)15-6-9(7)13(21)17-14-16-12(18-19-14)10-4-3-8(2)22-10/h3-6H,1-2H3,(H,15,20)(H2,16,17,18,19,21). The van der Waals surface area contributed by atoms with E-state index < -0.39 is 5.91 Å². The monoisotopic (exact) mass is 299 g/mol. The van der Waals surface area contributed by atoms with Crippen LogP contribution in [0.5, 0.6) is 0 Å². The van der Waals surface area contributed by atoms with E-state index in [2.05, 4.69) is 25.5 Å². The highest BCUT2D eigenvalue weighted by molar-refractivity contribution is 6.04. The van der Waals surface area contributed by atoms with Crippen LogP contribution < -0.4 is 10.9 Å². The maximum Gasteiger partial charge on any atom is 0.259 e. The summed E-state index contributed by atoms with van der Waals surface area (Å²) in [5, 5.41) is 9.16. The van der Waals surface area contributed by atoms with Gasteiger partial charge < -0.3 is 9.40 Å². The molecule has 8 heteroatoms. The molecular weight excluding hydrogens is 286 g/mol. The highest BCUT2D eigenvalue weighted by Crippen LogP contribution is 2.18. The Morgan fingerprint density at radius 2 is 2.14 bits per heavy atom. The molecule has 0 saturated carbocycles. The van der Waals surface area contributed by atoms with Crippen molar-refractivity contribution in [3.63, 3.8) is 0 Å². The van der Waals surface area contributed by atoms with Crippen LogP contribution in [0.4, 0.5) is 5.95 Å². The van der Waals surface area contributed by atoms with E-state index in [0.717, 1.165) is 5.76 Å². The van der Waals surface area contributed by atoms with Crippen molar-refractivity contribution in [2.75, 3.05) is 5.32 Å². The Hall–Kier alpha value is -3.16. The molecule has 3 rings (SSSR count). The highest BCUT2D eigenvalue weighted by atomic mass is 16.3. The smallest absolute Gasteiger partial charge is 0.259 e. The number of nitrogens with zero attached hydrogens (tertiary/aromatic N) is 2. The van der Waals surface area contributed by atoms with Crippen molar-refractivity contribution in [2.45, 2.75) is 13.8 Å². The molecule has 0 spiro atoms. The minimum absolute atomic E-state index is 0.125. The molecule has 3 N–H and O–H groups in total. The summed E-state index contributed by atoms with van der Waals surface area (Å²) in [6.45, 7) is 3.50. The molecule has 0 unspecified atom stereocenters. The Balaban J connectivity index is 1.80. The number of amides is 1. The Labute approximate surface area is 124 Å². The summed E-state index contributed by atoms with van der Waals surface area (Å²) < 4.78 is 5.42. The maximum absolute atomic E-state index is 12.1. The molecule has 0 aliphatic carbocycles. The van der Waals surface area contributed by atoms with Crippen molar-refractivity contribution in [2.24, 2.45) is 0 Å². The summed E-state index contributed by atoms with van der Waals surface area (Å²) in [6, 6.07) is 4.91. The van der Waals surface area contributed by atoms with Crippen LogP contribution in [0.25, 0.3) is 11.6 Å². The van der Waals surface area contributed by atoms with Crippen molar-refractivity contribution in [3.05, 3.63) is 51.6 Å². The van der Waals surface area contributed by atoms with Crippen LogP contribution in [0.1, 0.15) is 21.7 Å². The van der Waals surface area contributed by atoms with E-state index in [9.17, 15) is 9.59 Å². The largest absolute Gasteiger partial charge is 0.458 e. The number of carbonyl (C=O) groups is 1. The van der Waals surface area contributed by atoms with Gasteiger partial charge in [-0.05, 0) is 31.5 Å². The summed E-state index contributed by atoms with van der Waals surface area (Å²) in [5.41, 5.74) is 0.654. The SMILES string of the molecule is Cc1ccc(-c2nc(NC(=O)c3c[nH]c(=O)cc3C)n[nH]2)o1. The number of pyridine rings is 1. The quantitative estimate of drug-likeness (QED) is 0.679. The van der Waals surface area contributed by atoms with E-state index in [4.69, 9.17) is 4.42 Å². The molecule has 0 aliphatic rings. The third kappa shape index (κ3) is 2.66. The van der Waals surface area contributed by atoms with Crippen molar-refractivity contribution in [1.29, 1.82) is 0 Å². The number of nitrogens with one attached hydrogen (secondary N) is 3.